The van der Waals surface area contributed by atoms with E-state index >= 15 is 0 Å². The Bertz CT molecular complexity index is 1320. The van der Waals surface area contributed by atoms with Crippen LogP contribution >= 0.6 is 0 Å². The summed E-state index contributed by atoms with van der Waals surface area (Å²) in [4.78, 5) is 34.2. The van der Waals surface area contributed by atoms with E-state index < -0.39 is 29.3 Å². The van der Waals surface area contributed by atoms with Gasteiger partial charge < -0.3 is 23.8 Å². The van der Waals surface area contributed by atoms with Crippen molar-refractivity contribution in [3.63, 3.8) is 0 Å². The smallest absolute Gasteiger partial charge is 0.444 e. The molecular weight excluding hydrogens is 565 g/mol. The second kappa shape index (κ2) is 10.5. The molecule has 4 heterocycles. The van der Waals surface area contributed by atoms with Crippen LogP contribution < -0.4 is 10.4 Å². The Hall–Kier alpha value is -2.10. The van der Waals surface area contributed by atoms with Gasteiger partial charge in [0.25, 0.3) is 0 Å². The van der Waals surface area contributed by atoms with Crippen LogP contribution in [0.3, 0.4) is 0 Å². The highest BCUT2D eigenvalue weighted by Gasteiger charge is 2.58. The SMILES string of the molecule is CC1(C)CN(C2CC(N3C(=O)C4(CCN(C(=O)OC(C)(C)C)CC4)c4ccc(B5OC(C)(C)C(C)(C)O5)cc43)C2)CC(C)(C)C1. The lowest BCUT2D eigenvalue weighted by molar-refractivity contribution is -0.126. The summed E-state index contributed by atoms with van der Waals surface area (Å²) < 4.78 is 18.5. The Labute approximate surface area is 271 Å². The summed E-state index contributed by atoms with van der Waals surface area (Å²) in [7, 11) is -0.491. The van der Waals surface area contributed by atoms with Crippen LogP contribution in [0.15, 0.2) is 18.2 Å². The monoisotopic (exact) mass is 621 g/mol. The molecule has 0 N–H and O–H groups in total. The minimum absolute atomic E-state index is 0.159. The van der Waals surface area contributed by atoms with Crippen molar-refractivity contribution in [3.8, 4) is 0 Å². The number of hydrogen-bond acceptors (Lipinski definition) is 6. The van der Waals surface area contributed by atoms with Crippen molar-refractivity contribution in [3.05, 3.63) is 23.8 Å². The predicted octanol–water partition coefficient (Wildman–Crippen LogP) is 5.89. The van der Waals surface area contributed by atoms with Gasteiger partial charge in [0.15, 0.2) is 0 Å². The first-order valence-electron chi connectivity index (χ1n) is 17.2. The molecule has 1 spiro atoms. The number of hydrogen-bond donors (Lipinski definition) is 0. The number of rotatable bonds is 3. The molecule has 4 aliphatic heterocycles. The Morgan fingerprint density at radius 2 is 1.44 bits per heavy atom. The molecular formula is C36H56BN3O5. The molecule has 3 saturated heterocycles. The minimum Gasteiger partial charge on any atom is -0.444 e. The zero-order chi connectivity index (χ0) is 33.0. The quantitative estimate of drug-likeness (QED) is 0.392. The average molecular weight is 622 g/mol. The summed E-state index contributed by atoms with van der Waals surface area (Å²) in [5.74, 6) is 0.190. The second-order valence-electron chi connectivity index (χ2n) is 18.3. The number of carbonyl (C=O) groups excluding carboxylic acids is 2. The Morgan fingerprint density at radius 3 is 1.98 bits per heavy atom. The van der Waals surface area contributed by atoms with E-state index in [9.17, 15) is 9.59 Å². The first-order chi connectivity index (χ1) is 20.6. The number of carbonyl (C=O) groups is 2. The summed E-state index contributed by atoms with van der Waals surface area (Å²) in [5.41, 5.74) is 1.52. The molecule has 8 nitrogen and oxygen atoms in total. The number of piperidine rings is 2. The largest absolute Gasteiger partial charge is 0.494 e. The van der Waals surface area contributed by atoms with Crippen molar-refractivity contribution in [1.29, 1.82) is 0 Å². The Kier molecular flexibility index (Phi) is 7.63. The molecule has 9 heteroatoms. The van der Waals surface area contributed by atoms with Gasteiger partial charge in [0.2, 0.25) is 5.91 Å². The van der Waals surface area contributed by atoms with Crippen molar-refractivity contribution in [1.82, 2.24) is 9.80 Å². The van der Waals surface area contributed by atoms with Crippen molar-refractivity contribution in [2.75, 3.05) is 31.1 Å². The number of nitrogens with zero attached hydrogens (tertiary/aromatic N) is 3. The van der Waals surface area contributed by atoms with Crippen LogP contribution in [-0.2, 0) is 24.3 Å². The van der Waals surface area contributed by atoms with Gasteiger partial charge in [-0.2, -0.15) is 0 Å². The third-order valence-electron chi connectivity index (χ3n) is 11.4. The van der Waals surface area contributed by atoms with E-state index in [-0.39, 0.29) is 28.9 Å². The van der Waals surface area contributed by atoms with Gasteiger partial charge in [0, 0.05) is 44.0 Å². The zero-order valence-corrected chi connectivity index (χ0v) is 29.7. The van der Waals surface area contributed by atoms with E-state index in [0.29, 0.717) is 32.0 Å². The topological polar surface area (TPSA) is 71.6 Å². The summed E-state index contributed by atoms with van der Waals surface area (Å²) >= 11 is 0. The molecule has 1 saturated carbocycles. The summed E-state index contributed by atoms with van der Waals surface area (Å²) in [6.07, 6.45) is 4.08. The lowest BCUT2D eigenvalue weighted by Gasteiger charge is -2.54. The molecule has 5 aliphatic rings. The first kappa shape index (κ1) is 32.8. The Morgan fingerprint density at radius 1 is 0.889 bits per heavy atom. The summed E-state index contributed by atoms with van der Waals surface area (Å²) in [5, 5.41) is 0. The normalized spacial score (nSPS) is 29.9. The van der Waals surface area contributed by atoms with Crippen molar-refractivity contribution in [2.45, 2.75) is 143 Å². The number of likely N-dealkylation sites (tertiary alicyclic amines) is 2. The summed E-state index contributed by atoms with van der Waals surface area (Å²) in [6, 6.07) is 7.03. The van der Waals surface area contributed by atoms with Gasteiger partial charge in [-0.25, -0.2) is 4.79 Å². The van der Waals surface area contributed by atoms with Crippen LogP contribution in [0.4, 0.5) is 10.5 Å². The third-order valence-corrected chi connectivity index (χ3v) is 11.4. The fourth-order valence-corrected chi connectivity index (χ4v) is 8.87. The summed E-state index contributed by atoms with van der Waals surface area (Å²) in [6.45, 7) is 26.7. The minimum atomic E-state index is -0.636. The number of anilines is 1. The average Bonchev–Trinajstić information content (AvgIpc) is 3.21. The maximum Gasteiger partial charge on any atom is 0.494 e. The van der Waals surface area contributed by atoms with Crippen LogP contribution in [0, 0.1) is 10.8 Å². The maximum atomic E-state index is 14.7. The van der Waals surface area contributed by atoms with Crippen LogP contribution in [0.2, 0.25) is 0 Å². The predicted molar refractivity (Wildman–Crippen MR) is 179 cm³/mol. The lowest BCUT2D eigenvalue weighted by atomic mass is 9.69. The molecule has 2 amide bonds. The van der Waals surface area contributed by atoms with Gasteiger partial charge in [0.1, 0.15) is 5.60 Å². The van der Waals surface area contributed by atoms with Crippen LogP contribution in [0.5, 0.6) is 0 Å². The van der Waals surface area contributed by atoms with E-state index in [1.807, 2.05) is 20.8 Å². The van der Waals surface area contributed by atoms with Gasteiger partial charge in [-0.1, -0.05) is 39.8 Å². The van der Waals surface area contributed by atoms with Gasteiger partial charge in [-0.3, -0.25) is 9.69 Å². The van der Waals surface area contributed by atoms with E-state index in [2.05, 4.69) is 83.4 Å². The Balaban J connectivity index is 1.27. The highest BCUT2D eigenvalue weighted by molar-refractivity contribution is 6.62. The molecule has 1 aliphatic carbocycles. The third kappa shape index (κ3) is 5.84. The molecule has 0 atom stereocenters. The molecule has 1 aromatic rings. The van der Waals surface area contributed by atoms with Gasteiger partial charge in [-0.05, 0) is 108 Å². The molecule has 0 bridgehead atoms. The van der Waals surface area contributed by atoms with Crippen molar-refractivity contribution >= 4 is 30.3 Å². The molecule has 4 fully saturated rings. The zero-order valence-electron chi connectivity index (χ0n) is 29.7. The number of amides is 2. The lowest BCUT2D eigenvalue weighted by Crippen LogP contribution is -2.61. The highest BCUT2D eigenvalue weighted by atomic mass is 16.7. The number of ether oxygens (including phenoxy) is 1. The van der Waals surface area contributed by atoms with E-state index in [0.717, 1.165) is 42.6 Å². The van der Waals surface area contributed by atoms with Gasteiger partial charge >= 0.3 is 13.2 Å². The van der Waals surface area contributed by atoms with Gasteiger partial charge in [0.05, 0.1) is 16.6 Å². The molecule has 6 rings (SSSR count). The van der Waals surface area contributed by atoms with E-state index in [4.69, 9.17) is 14.0 Å². The molecule has 0 unspecified atom stereocenters. The van der Waals surface area contributed by atoms with Crippen molar-refractivity contribution in [2.24, 2.45) is 10.8 Å². The molecule has 45 heavy (non-hydrogen) atoms. The van der Waals surface area contributed by atoms with Gasteiger partial charge in [-0.15, -0.1) is 0 Å². The standard InChI is InChI=1S/C36H56BN3O5/c1-31(2,3)43-30(42)38-16-14-36(15-17-38)27-13-12-24(37-44-34(8,9)35(10,11)45-37)18-28(27)40(29(36)41)26-19-25(20-26)39-22-32(4,5)21-33(6,7)23-39/h12-13,18,25-26H,14-17,19-23H2,1-11H3. The van der Waals surface area contributed by atoms with Crippen LogP contribution in [-0.4, -0.2) is 84.0 Å². The van der Waals surface area contributed by atoms with Crippen LogP contribution in [0.1, 0.15) is 114 Å². The number of fused-ring (bicyclic) bond motifs is 2. The molecule has 248 valence electrons. The van der Waals surface area contributed by atoms with E-state index in [1.165, 1.54) is 6.42 Å². The molecule has 0 aromatic heterocycles. The molecule has 1 aromatic carbocycles. The van der Waals surface area contributed by atoms with E-state index in [1.54, 1.807) is 4.90 Å². The fraction of sp³-hybridized carbons (Fsp3) is 0.778. The first-order valence-corrected chi connectivity index (χ1v) is 17.2. The second-order valence-corrected chi connectivity index (χ2v) is 18.3. The van der Waals surface area contributed by atoms with Crippen molar-refractivity contribution < 1.29 is 23.6 Å². The van der Waals surface area contributed by atoms with Crippen LogP contribution in [0.25, 0.3) is 0 Å². The maximum absolute atomic E-state index is 14.7. The molecule has 0 radical (unpaired) electrons. The fourth-order valence-electron chi connectivity index (χ4n) is 8.87. The number of benzene rings is 1. The highest BCUT2D eigenvalue weighted by Crippen LogP contribution is 2.52.